The number of primary amides is 1. The second kappa shape index (κ2) is 5.82. The van der Waals surface area contributed by atoms with Gasteiger partial charge in [0.25, 0.3) is 0 Å². The molecule has 0 saturated heterocycles. The topological polar surface area (TPSA) is 46.3 Å². The molecule has 1 aromatic rings. The van der Waals surface area contributed by atoms with E-state index in [9.17, 15) is 9.18 Å². The van der Waals surface area contributed by atoms with E-state index in [1.165, 1.54) is 6.07 Å². The summed E-state index contributed by atoms with van der Waals surface area (Å²) in [7, 11) is 0. The number of benzene rings is 1. The van der Waals surface area contributed by atoms with E-state index in [0.717, 1.165) is 5.56 Å². The van der Waals surface area contributed by atoms with Crippen LogP contribution < -0.4 is 5.73 Å². The fourth-order valence-electron chi connectivity index (χ4n) is 1.40. The average Bonchev–Trinajstić information content (AvgIpc) is 2.22. The summed E-state index contributed by atoms with van der Waals surface area (Å²) in [5.74, 6) is -0.821. The molecule has 0 heterocycles. The van der Waals surface area contributed by atoms with Crippen molar-refractivity contribution >= 4 is 17.5 Å². The molecule has 0 radical (unpaired) electrons. The third kappa shape index (κ3) is 3.79. The Kier molecular flexibility index (Phi) is 4.71. The van der Waals surface area contributed by atoms with Gasteiger partial charge in [0, 0.05) is 6.54 Å². The molecule has 0 atom stereocenters. The van der Waals surface area contributed by atoms with E-state index in [1.54, 1.807) is 12.1 Å². The standard InChI is InChI=1S/C11H14ClFN2O/c1-2-15(7-11(14)16)6-8-3-4-10(13)9(12)5-8/h3-5H,2,6-7H2,1H3,(H2,14,16). The molecule has 0 aromatic heterocycles. The van der Waals surface area contributed by atoms with Crippen molar-refractivity contribution < 1.29 is 9.18 Å². The highest BCUT2D eigenvalue weighted by atomic mass is 35.5. The average molecular weight is 245 g/mol. The van der Waals surface area contributed by atoms with Crippen LogP contribution in [0.25, 0.3) is 0 Å². The number of carbonyl (C=O) groups is 1. The monoisotopic (exact) mass is 244 g/mol. The van der Waals surface area contributed by atoms with Crippen LogP contribution in [0.4, 0.5) is 4.39 Å². The molecule has 5 heteroatoms. The number of halogens is 2. The summed E-state index contributed by atoms with van der Waals surface area (Å²) in [6.07, 6.45) is 0. The highest BCUT2D eigenvalue weighted by Crippen LogP contribution is 2.17. The summed E-state index contributed by atoms with van der Waals surface area (Å²) in [5.41, 5.74) is 5.97. The second-order valence-electron chi connectivity index (χ2n) is 3.52. The predicted molar refractivity (Wildman–Crippen MR) is 61.6 cm³/mol. The quantitative estimate of drug-likeness (QED) is 0.858. The van der Waals surface area contributed by atoms with Gasteiger partial charge in [-0.1, -0.05) is 24.6 Å². The molecule has 0 spiro atoms. The van der Waals surface area contributed by atoms with Crippen molar-refractivity contribution in [3.63, 3.8) is 0 Å². The highest BCUT2D eigenvalue weighted by Gasteiger charge is 2.08. The number of likely N-dealkylation sites (N-methyl/N-ethyl adjacent to an activating group) is 1. The zero-order chi connectivity index (χ0) is 12.1. The summed E-state index contributed by atoms with van der Waals surface area (Å²) < 4.78 is 12.9. The second-order valence-corrected chi connectivity index (χ2v) is 3.93. The Bertz CT molecular complexity index is 384. The van der Waals surface area contributed by atoms with Gasteiger partial charge in [-0.25, -0.2) is 4.39 Å². The minimum atomic E-state index is -0.441. The molecule has 1 rings (SSSR count). The van der Waals surface area contributed by atoms with E-state index in [1.807, 2.05) is 11.8 Å². The normalized spacial score (nSPS) is 10.8. The van der Waals surface area contributed by atoms with Gasteiger partial charge in [0.2, 0.25) is 5.91 Å². The van der Waals surface area contributed by atoms with Gasteiger partial charge in [0.1, 0.15) is 5.82 Å². The molecule has 1 aromatic carbocycles. The van der Waals surface area contributed by atoms with Crippen LogP contribution >= 0.6 is 11.6 Å². The third-order valence-electron chi connectivity index (χ3n) is 2.22. The third-order valence-corrected chi connectivity index (χ3v) is 2.51. The van der Waals surface area contributed by atoms with Crippen molar-refractivity contribution in [2.45, 2.75) is 13.5 Å². The van der Waals surface area contributed by atoms with Gasteiger partial charge >= 0.3 is 0 Å². The zero-order valence-electron chi connectivity index (χ0n) is 9.04. The van der Waals surface area contributed by atoms with E-state index < -0.39 is 5.82 Å². The Morgan fingerprint density at radius 2 is 2.25 bits per heavy atom. The molecule has 2 N–H and O–H groups in total. The number of amides is 1. The number of nitrogens with two attached hydrogens (primary N) is 1. The lowest BCUT2D eigenvalue weighted by molar-refractivity contribution is -0.119. The van der Waals surface area contributed by atoms with Crippen molar-refractivity contribution in [1.29, 1.82) is 0 Å². The fraction of sp³-hybridized carbons (Fsp3) is 0.364. The van der Waals surface area contributed by atoms with Gasteiger partial charge in [-0.05, 0) is 24.2 Å². The SMILES string of the molecule is CCN(CC(N)=O)Cc1ccc(F)c(Cl)c1. The first-order chi connectivity index (χ1) is 7.52. The lowest BCUT2D eigenvalue weighted by Crippen LogP contribution is -2.33. The van der Waals surface area contributed by atoms with Crippen molar-refractivity contribution in [2.75, 3.05) is 13.1 Å². The van der Waals surface area contributed by atoms with E-state index >= 15 is 0 Å². The number of rotatable bonds is 5. The maximum atomic E-state index is 12.9. The molecular weight excluding hydrogens is 231 g/mol. The van der Waals surface area contributed by atoms with Crippen molar-refractivity contribution in [1.82, 2.24) is 4.90 Å². The number of hydrogen-bond acceptors (Lipinski definition) is 2. The summed E-state index contributed by atoms with van der Waals surface area (Å²) in [4.78, 5) is 12.6. The van der Waals surface area contributed by atoms with Crippen LogP contribution in [-0.4, -0.2) is 23.9 Å². The van der Waals surface area contributed by atoms with Crippen LogP contribution in [0.3, 0.4) is 0 Å². The van der Waals surface area contributed by atoms with Gasteiger partial charge in [-0.15, -0.1) is 0 Å². The van der Waals surface area contributed by atoms with E-state index in [4.69, 9.17) is 17.3 Å². The maximum Gasteiger partial charge on any atom is 0.231 e. The molecule has 1 amide bonds. The van der Waals surface area contributed by atoms with Crippen molar-refractivity contribution in [2.24, 2.45) is 5.73 Å². The highest BCUT2D eigenvalue weighted by molar-refractivity contribution is 6.30. The van der Waals surface area contributed by atoms with Gasteiger partial charge in [0.05, 0.1) is 11.6 Å². The van der Waals surface area contributed by atoms with Crippen LogP contribution in [-0.2, 0) is 11.3 Å². The molecule has 0 saturated carbocycles. The minimum absolute atomic E-state index is 0.0904. The lowest BCUT2D eigenvalue weighted by Gasteiger charge is -2.18. The summed E-state index contributed by atoms with van der Waals surface area (Å²) in [6, 6.07) is 4.52. The van der Waals surface area contributed by atoms with Gasteiger partial charge in [-0.2, -0.15) is 0 Å². The van der Waals surface area contributed by atoms with E-state index in [2.05, 4.69) is 0 Å². The first-order valence-electron chi connectivity index (χ1n) is 4.97. The first kappa shape index (κ1) is 12.9. The van der Waals surface area contributed by atoms with Gasteiger partial charge < -0.3 is 5.73 Å². The molecule has 0 fully saturated rings. The molecule has 88 valence electrons. The molecule has 0 aliphatic heterocycles. The summed E-state index contributed by atoms with van der Waals surface area (Å²) in [5, 5.41) is 0.0904. The molecule has 0 aliphatic rings. The van der Waals surface area contributed by atoms with Crippen molar-refractivity contribution in [3.05, 3.63) is 34.6 Å². The molecule has 16 heavy (non-hydrogen) atoms. The van der Waals surface area contributed by atoms with Gasteiger partial charge in [0.15, 0.2) is 0 Å². The van der Waals surface area contributed by atoms with Crippen LogP contribution in [0, 0.1) is 5.82 Å². The Balaban J connectivity index is 2.70. The lowest BCUT2D eigenvalue weighted by atomic mass is 10.2. The number of hydrogen-bond donors (Lipinski definition) is 1. The van der Waals surface area contributed by atoms with Crippen LogP contribution in [0.5, 0.6) is 0 Å². The Labute approximate surface area is 99.0 Å². The van der Waals surface area contributed by atoms with Crippen molar-refractivity contribution in [3.8, 4) is 0 Å². The van der Waals surface area contributed by atoms with E-state index in [0.29, 0.717) is 13.1 Å². The molecule has 0 unspecified atom stereocenters. The predicted octanol–water partition coefficient (Wildman–Crippen LogP) is 1.79. The van der Waals surface area contributed by atoms with Gasteiger partial charge in [-0.3, -0.25) is 9.69 Å². The number of nitrogens with zero attached hydrogens (tertiary/aromatic N) is 1. The maximum absolute atomic E-state index is 12.9. The molecule has 0 aliphatic carbocycles. The molecule has 0 bridgehead atoms. The Morgan fingerprint density at radius 3 is 2.75 bits per heavy atom. The Morgan fingerprint density at radius 1 is 1.56 bits per heavy atom. The number of carbonyl (C=O) groups excluding carboxylic acids is 1. The summed E-state index contributed by atoms with van der Waals surface area (Å²) >= 11 is 5.66. The fourth-order valence-corrected chi connectivity index (χ4v) is 1.60. The zero-order valence-corrected chi connectivity index (χ0v) is 9.80. The summed E-state index contributed by atoms with van der Waals surface area (Å²) in [6.45, 7) is 3.33. The van der Waals surface area contributed by atoms with E-state index in [-0.39, 0.29) is 17.5 Å². The minimum Gasteiger partial charge on any atom is -0.369 e. The largest absolute Gasteiger partial charge is 0.369 e. The first-order valence-corrected chi connectivity index (χ1v) is 5.35. The molecular formula is C11H14ClFN2O. The Hall–Kier alpha value is -1.13. The van der Waals surface area contributed by atoms with Crippen LogP contribution in [0.1, 0.15) is 12.5 Å². The van der Waals surface area contributed by atoms with Crippen LogP contribution in [0.2, 0.25) is 5.02 Å². The smallest absolute Gasteiger partial charge is 0.231 e. The van der Waals surface area contributed by atoms with Crippen LogP contribution in [0.15, 0.2) is 18.2 Å². The molecule has 3 nitrogen and oxygen atoms in total.